The number of amides is 1. The number of aliphatic carboxylic acids is 1. The van der Waals surface area contributed by atoms with Crippen LogP contribution in [0.1, 0.15) is 51.9 Å². The predicted molar refractivity (Wildman–Crippen MR) is 66.1 cm³/mol. The van der Waals surface area contributed by atoms with Crippen LogP contribution in [0.3, 0.4) is 0 Å². The lowest BCUT2D eigenvalue weighted by Crippen LogP contribution is -2.44. The number of nitrogens with one attached hydrogen (secondary N) is 1. The molecular weight excluding hydrogens is 234 g/mol. The SMILES string of the molecule is CC(=O)CC[C@@H](NC(=O)C1CCCCC1)C(=O)O. The summed E-state index contributed by atoms with van der Waals surface area (Å²) in [5.41, 5.74) is 0. The molecule has 0 heterocycles. The van der Waals surface area contributed by atoms with Crippen molar-refractivity contribution >= 4 is 17.7 Å². The molecule has 0 aromatic carbocycles. The number of carboxylic acids is 1. The monoisotopic (exact) mass is 255 g/mol. The fraction of sp³-hybridized carbons (Fsp3) is 0.769. The van der Waals surface area contributed by atoms with Crippen molar-refractivity contribution in [1.29, 1.82) is 0 Å². The largest absolute Gasteiger partial charge is 0.480 e. The highest BCUT2D eigenvalue weighted by atomic mass is 16.4. The van der Waals surface area contributed by atoms with E-state index in [0.717, 1.165) is 32.1 Å². The zero-order valence-corrected chi connectivity index (χ0v) is 10.8. The zero-order chi connectivity index (χ0) is 13.5. The van der Waals surface area contributed by atoms with E-state index in [2.05, 4.69) is 5.32 Å². The Morgan fingerprint density at radius 3 is 2.33 bits per heavy atom. The van der Waals surface area contributed by atoms with Gasteiger partial charge in [-0.25, -0.2) is 4.79 Å². The molecule has 1 atom stereocenters. The van der Waals surface area contributed by atoms with Gasteiger partial charge < -0.3 is 15.2 Å². The quantitative estimate of drug-likeness (QED) is 0.753. The molecule has 1 saturated carbocycles. The summed E-state index contributed by atoms with van der Waals surface area (Å²) in [5.74, 6) is -1.36. The predicted octanol–water partition coefficient (Wildman–Crippen LogP) is 1.51. The first-order valence-corrected chi connectivity index (χ1v) is 6.53. The van der Waals surface area contributed by atoms with Crippen molar-refractivity contribution in [2.45, 2.75) is 57.9 Å². The molecule has 18 heavy (non-hydrogen) atoms. The molecule has 0 aromatic heterocycles. The topological polar surface area (TPSA) is 83.5 Å². The van der Waals surface area contributed by atoms with Gasteiger partial charge in [-0.15, -0.1) is 0 Å². The number of ketones is 1. The van der Waals surface area contributed by atoms with Crippen molar-refractivity contribution in [2.24, 2.45) is 5.92 Å². The van der Waals surface area contributed by atoms with Gasteiger partial charge in [-0.1, -0.05) is 19.3 Å². The number of rotatable bonds is 6. The number of hydrogen-bond acceptors (Lipinski definition) is 3. The second kappa shape index (κ2) is 7.13. The number of hydrogen-bond donors (Lipinski definition) is 2. The van der Waals surface area contributed by atoms with Crippen molar-refractivity contribution in [2.75, 3.05) is 0 Å². The molecule has 0 aliphatic heterocycles. The molecule has 102 valence electrons. The Balaban J connectivity index is 2.46. The summed E-state index contributed by atoms with van der Waals surface area (Å²) in [7, 11) is 0. The smallest absolute Gasteiger partial charge is 0.326 e. The summed E-state index contributed by atoms with van der Waals surface area (Å²) in [6.45, 7) is 1.42. The average Bonchev–Trinajstić information content (AvgIpc) is 2.34. The maximum Gasteiger partial charge on any atom is 0.326 e. The van der Waals surface area contributed by atoms with Gasteiger partial charge in [0.05, 0.1) is 0 Å². The molecule has 2 N–H and O–H groups in total. The van der Waals surface area contributed by atoms with E-state index in [0.29, 0.717) is 0 Å². The van der Waals surface area contributed by atoms with Gasteiger partial charge in [0.25, 0.3) is 0 Å². The Bertz CT molecular complexity index is 321. The van der Waals surface area contributed by atoms with Crippen molar-refractivity contribution in [3.05, 3.63) is 0 Å². The van der Waals surface area contributed by atoms with Gasteiger partial charge in [0.1, 0.15) is 11.8 Å². The molecule has 0 saturated heterocycles. The lowest BCUT2D eigenvalue weighted by Gasteiger charge is -2.23. The Kier molecular flexibility index (Phi) is 5.82. The number of carboxylic acid groups (broad SMARTS) is 1. The third-order valence-electron chi connectivity index (χ3n) is 3.38. The van der Waals surface area contributed by atoms with Gasteiger partial charge in [0.15, 0.2) is 0 Å². The maximum absolute atomic E-state index is 11.9. The van der Waals surface area contributed by atoms with Crippen molar-refractivity contribution < 1.29 is 19.5 Å². The summed E-state index contributed by atoms with van der Waals surface area (Å²) < 4.78 is 0. The second-order valence-corrected chi connectivity index (χ2v) is 4.98. The van der Waals surface area contributed by atoms with Crippen molar-refractivity contribution in [3.63, 3.8) is 0 Å². The molecule has 5 heteroatoms. The van der Waals surface area contributed by atoms with Crippen LogP contribution in [0, 0.1) is 5.92 Å². The van der Waals surface area contributed by atoms with Crippen LogP contribution in [0.2, 0.25) is 0 Å². The minimum atomic E-state index is -1.07. The molecule has 1 amide bonds. The lowest BCUT2D eigenvalue weighted by atomic mass is 9.88. The Morgan fingerprint density at radius 1 is 1.22 bits per heavy atom. The van der Waals surface area contributed by atoms with Crippen LogP contribution < -0.4 is 5.32 Å². The molecule has 1 fully saturated rings. The summed E-state index contributed by atoms with van der Waals surface area (Å²) in [6.07, 6.45) is 5.24. The van der Waals surface area contributed by atoms with Crippen molar-refractivity contribution in [1.82, 2.24) is 5.32 Å². The molecule has 0 unspecified atom stereocenters. The molecular formula is C13H21NO4. The Labute approximate surface area is 107 Å². The Morgan fingerprint density at radius 2 is 1.83 bits per heavy atom. The molecule has 5 nitrogen and oxygen atoms in total. The molecule has 0 bridgehead atoms. The van der Waals surface area contributed by atoms with Crippen LogP contribution in [-0.2, 0) is 14.4 Å². The second-order valence-electron chi connectivity index (χ2n) is 4.98. The van der Waals surface area contributed by atoms with E-state index in [1.54, 1.807) is 0 Å². The number of carbonyl (C=O) groups is 3. The van der Waals surface area contributed by atoms with Gasteiger partial charge in [-0.2, -0.15) is 0 Å². The molecule has 0 spiro atoms. The van der Waals surface area contributed by atoms with Gasteiger partial charge in [0, 0.05) is 12.3 Å². The maximum atomic E-state index is 11.9. The first-order chi connectivity index (χ1) is 8.50. The molecule has 0 aromatic rings. The first-order valence-electron chi connectivity index (χ1n) is 6.53. The minimum absolute atomic E-state index is 0.0575. The average molecular weight is 255 g/mol. The summed E-state index contributed by atoms with van der Waals surface area (Å²) in [5, 5.41) is 11.6. The molecule has 1 rings (SSSR count). The zero-order valence-electron chi connectivity index (χ0n) is 10.8. The highest BCUT2D eigenvalue weighted by molar-refractivity contribution is 5.85. The fourth-order valence-electron chi connectivity index (χ4n) is 2.26. The van der Waals surface area contributed by atoms with Crippen LogP contribution in [0.25, 0.3) is 0 Å². The fourth-order valence-corrected chi connectivity index (χ4v) is 2.26. The van der Waals surface area contributed by atoms with Crippen molar-refractivity contribution in [3.8, 4) is 0 Å². The summed E-state index contributed by atoms with van der Waals surface area (Å²) >= 11 is 0. The van der Waals surface area contributed by atoms with E-state index in [9.17, 15) is 14.4 Å². The van der Waals surface area contributed by atoms with E-state index < -0.39 is 12.0 Å². The van der Waals surface area contributed by atoms with Gasteiger partial charge >= 0.3 is 5.97 Å². The molecule has 0 radical (unpaired) electrons. The molecule has 1 aliphatic carbocycles. The van der Waals surface area contributed by atoms with Crippen LogP contribution in [0.15, 0.2) is 0 Å². The third kappa shape index (κ3) is 4.85. The number of carbonyl (C=O) groups excluding carboxylic acids is 2. The lowest BCUT2D eigenvalue weighted by molar-refractivity contribution is -0.143. The summed E-state index contributed by atoms with van der Waals surface area (Å²) in [6, 6.07) is -0.941. The van der Waals surface area contributed by atoms with E-state index in [1.807, 2.05) is 0 Å². The normalized spacial score (nSPS) is 18.1. The van der Waals surface area contributed by atoms with Crippen LogP contribution in [-0.4, -0.2) is 28.8 Å². The molecule has 1 aliphatic rings. The van der Waals surface area contributed by atoms with Crippen LogP contribution >= 0.6 is 0 Å². The minimum Gasteiger partial charge on any atom is -0.480 e. The Hall–Kier alpha value is -1.39. The third-order valence-corrected chi connectivity index (χ3v) is 3.38. The van der Waals surface area contributed by atoms with E-state index in [1.165, 1.54) is 6.92 Å². The first kappa shape index (κ1) is 14.7. The van der Waals surface area contributed by atoms with Gasteiger partial charge in [0.2, 0.25) is 5.91 Å². The van der Waals surface area contributed by atoms with Crippen LogP contribution in [0.5, 0.6) is 0 Å². The summed E-state index contributed by atoms with van der Waals surface area (Å²) in [4.78, 5) is 33.8. The van der Waals surface area contributed by atoms with E-state index >= 15 is 0 Å². The number of Topliss-reactive ketones (excluding diaryl/α,β-unsaturated/α-hetero) is 1. The van der Waals surface area contributed by atoms with E-state index in [4.69, 9.17) is 5.11 Å². The van der Waals surface area contributed by atoms with E-state index in [-0.39, 0.29) is 30.4 Å². The van der Waals surface area contributed by atoms with Crippen LogP contribution in [0.4, 0.5) is 0 Å². The standard InChI is InChI=1S/C13H21NO4/c1-9(15)7-8-11(13(17)18)14-12(16)10-5-3-2-4-6-10/h10-11H,2-8H2,1H3,(H,14,16)(H,17,18)/t11-/m1/s1. The van der Waals surface area contributed by atoms with Gasteiger partial charge in [-0.3, -0.25) is 4.79 Å². The van der Waals surface area contributed by atoms with Gasteiger partial charge in [-0.05, 0) is 26.2 Å². The highest BCUT2D eigenvalue weighted by Gasteiger charge is 2.26. The highest BCUT2D eigenvalue weighted by Crippen LogP contribution is 2.23.